The Labute approximate surface area is 157 Å². The third kappa shape index (κ3) is 3.11. The van der Waals surface area contributed by atoms with Crippen molar-refractivity contribution < 1.29 is 4.79 Å². The van der Waals surface area contributed by atoms with Gasteiger partial charge in [-0.25, -0.2) is 0 Å². The predicted molar refractivity (Wildman–Crippen MR) is 102 cm³/mol. The van der Waals surface area contributed by atoms with Crippen LogP contribution >= 0.6 is 23.2 Å². The Balaban J connectivity index is 1.75. The van der Waals surface area contributed by atoms with Crippen molar-refractivity contribution in [3.05, 3.63) is 63.6 Å². The summed E-state index contributed by atoms with van der Waals surface area (Å²) in [5, 5.41) is 4.45. The van der Waals surface area contributed by atoms with Crippen molar-refractivity contribution in [3.63, 3.8) is 0 Å². The first-order chi connectivity index (χ1) is 12.0. The highest BCUT2D eigenvalue weighted by atomic mass is 35.5. The molecule has 1 amide bonds. The number of amides is 1. The van der Waals surface area contributed by atoms with E-state index in [2.05, 4.69) is 17.4 Å². The maximum atomic E-state index is 12.2. The fourth-order valence-corrected chi connectivity index (χ4v) is 4.92. The van der Waals surface area contributed by atoms with Crippen molar-refractivity contribution in [3.8, 4) is 0 Å². The summed E-state index contributed by atoms with van der Waals surface area (Å²) >= 11 is 12.6. The van der Waals surface area contributed by atoms with Crippen LogP contribution in [0.25, 0.3) is 0 Å². The number of carbonyl (C=O) groups is 1. The van der Waals surface area contributed by atoms with Gasteiger partial charge in [0.2, 0.25) is 5.91 Å². The number of nitrogens with one attached hydrogen (secondary N) is 1. The molecule has 1 saturated heterocycles. The second kappa shape index (κ2) is 6.54. The number of fused-ring (bicyclic) bond motifs is 1. The van der Waals surface area contributed by atoms with Crippen LogP contribution in [0.2, 0.25) is 10.0 Å². The number of nitrogen functional groups attached to an aromatic ring is 1. The first-order valence-corrected chi connectivity index (χ1v) is 9.36. The Hall–Kier alpha value is -1.71. The second-order valence-corrected chi connectivity index (χ2v) is 7.97. The van der Waals surface area contributed by atoms with Gasteiger partial charge in [0, 0.05) is 28.2 Å². The van der Waals surface area contributed by atoms with Crippen LogP contribution in [0.1, 0.15) is 35.8 Å². The van der Waals surface area contributed by atoms with Gasteiger partial charge in [0.25, 0.3) is 0 Å². The maximum Gasteiger partial charge on any atom is 0.223 e. The molecule has 2 aromatic carbocycles. The highest BCUT2D eigenvalue weighted by molar-refractivity contribution is 6.31. The molecule has 130 valence electrons. The van der Waals surface area contributed by atoms with E-state index in [0.29, 0.717) is 16.6 Å². The molecule has 5 heteroatoms. The fraction of sp³-hybridized carbons (Fsp3) is 0.350. The maximum absolute atomic E-state index is 12.2. The van der Waals surface area contributed by atoms with E-state index >= 15 is 0 Å². The molecule has 1 saturated carbocycles. The lowest BCUT2D eigenvalue weighted by atomic mass is 9.65. The van der Waals surface area contributed by atoms with Gasteiger partial charge in [-0.15, -0.1) is 0 Å². The highest BCUT2D eigenvalue weighted by Crippen LogP contribution is 2.51. The Bertz CT molecular complexity index is 806. The molecule has 1 aliphatic carbocycles. The number of halogens is 2. The standard InChI is InChI=1S/C20H20Cl2N2O/c21-13-3-1-11(2-4-13)16-9-17-12(10-24-20(17)25)7-18(16)15-6-5-14(23)8-19(15)22/h1-6,8,12,16-18H,7,9-10,23H2,(H,24,25)/t12-,16-,17-,18-/m1/s1. The SMILES string of the molecule is Nc1ccc([C@H]2C[C@@H]3CNC(=O)[C@@H]3C[C@@H]2c2ccc(Cl)cc2)c(Cl)c1. The van der Waals surface area contributed by atoms with Crippen molar-refractivity contribution in [2.45, 2.75) is 24.7 Å². The van der Waals surface area contributed by atoms with Crippen molar-refractivity contribution in [2.24, 2.45) is 11.8 Å². The van der Waals surface area contributed by atoms with Crippen LogP contribution in [-0.2, 0) is 4.79 Å². The molecule has 0 radical (unpaired) electrons. The van der Waals surface area contributed by atoms with Crippen molar-refractivity contribution in [1.82, 2.24) is 5.32 Å². The predicted octanol–water partition coefficient (Wildman–Crippen LogP) is 4.60. The van der Waals surface area contributed by atoms with Crippen LogP contribution in [0.4, 0.5) is 5.69 Å². The van der Waals surface area contributed by atoms with E-state index < -0.39 is 0 Å². The van der Waals surface area contributed by atoms with E-state index in [4.69, 9.17) is 28.9 Å². The molecule has 2 aromatic rings. The van der Waals surface area contributed by atoms with Gasteiger partial charge in [0.05, 0.1) is 0 Å². The molecule has 2 aliphatic rings. The minimum absolute atomic E-state index is 0.0875. The Morgan fingerprint density at radius 3 is 2.44 bits per heavy atom. The monoisotopic (exact) mass is 374 g/mol. The van der Waals surface area contributed by atoms with Gasteiger partial charge < -0.3 is 11.1 Å². The summed E-state index contributed by atoms with van der Waals surface area (Å²) in [6, 6.07) is 13.7. The molecule has 1 aliphatic heterocycles. The lowest BCUT2D eigenvalue weighted by Gasteiger charge is -2.38. The summed E-state index contributed by atoms with van der Waals surface area (Å²) in [5.41, 5.74) is 8.87. The average molecular weight is 375 g/mol. The third-order valence-electron chi connectivity index (χ3n) is 5.72. The number of hydrogen-bond donors (Lipinski definition) is 2. The quantitative estimate of drug-likeness (QED) is 0.754. The summed E-state index contributed by atoms with van der Waals surface area (Å²) in [7, 11) is 0. The summed E-state index contributed by atoms with van der Waals surface area (Å²) in [5.74, 6) is 1.15. The van der Waals surface area contributed by atoms with E-state index in [1.165, 1.54) is 5.56 Å². The molecule has 2 fully saturated rings. The van der Waals surface area contributed by atoms with Crippen LogP contribution in [0.15, 0.2) is 42.5 Å². The van der Waals surface area contributed by atoms with E-state index in [9.17, 15) is 4.79 Å². The van der Waals surface area contributed by atoms with Gasteiger partial charge in [-0.3, -0.25) is 4.79 Å². The van der Waals surface area contributed by atoms with Crippen LogP contribution in [0.3, 0.4) is 0 Å². The normalized spacial score (nSPS) is 28.5. The molecule has 0 spiro atoms. The van der Waals surface area contributed by atoms with Crippen molar-refractivity contribution in [2.75, 3.05) is 12.3 Å². The molecule has 0 unspecified atom stereocenters. The highest BCUT2D eigenvalue weighted by Gasteiger charge is 2.45. The zero-order valence-corrected chi connectivity index (χ0v) is 15.2. The van der Waals surface area contributed by atoms with Gasteiger partial charge in [-0.1, -0.05) is 41.4 Å². The topological polar surface area (TPSA) is 55.1 Å². The zero-order valence-electron chi connectivity index (χ0n) is 13.7. The van der Waals surface area contributed by atoms with E-state index in [1.54, 1.807) is 0 Å². The molecule has 3 nitrogen and oxygen atoms in total. The number of carbonyl (C=O) groups excluding carboxylic acids is 1. The van der Waals surface area contributed by atoms with Gasteiger partial charge >= 0.3 is 0 Å². The molecule has 4 atom stereocenters. The molecule has 25 heavy (non-hydrogen) atoms. The van der Waals surface area contributed by atoms with Crippen LogP contribution in [0.5, 0.6) is 0 Å². The van der Waals surface area contributed by atoms with Gasteiger partial charge in [-0.05, 0) is 66.0 Å². The molecule has 0 bridgehead atoms. The smallest absolute Gasteiger partial charge is 0.223 e. The minimum atomic E-state index is 0.0875. The largest absolute Gasteiger partial charge is 0.399 e. The molecular formula is C20H20Cl2N2O. The van der Waals surface area contributed by atoms with Crippen LogP contribution in [0, 0.1) is 11.8 Å². The summed E-state index contributed by atoms with van der Waals surface area (Å²) in [4.78, 5) is 12.2. The summed E-state index contributed by atoms with van der Waals surface area (Å²) < 4.78 is 0. The fourth-order valence-electron chi connectivity index (χ4n) is 4.46. The Morgan fingerprint density at radius 1 is 0.960 bits per heavy atom. The second-order valence-electron chi connectivity index (χ2n) is 7.13. The molecule has 1 heterocycles. The number of rotatable bonds is 2. The van der Waals surface area contributed by atoms with Crippen molar-refractivity contribution in [1.29, 1.82) is 0 Å². The van der Waals surface area contributed by atoms with Gasteiger partial charge in [0.1, 0.15) is 0 Å². The molecular weight excluding hydrogens is 355 g/mol. The van der Waals surface area contributed by atoms with E-state index in [1.807, 2.05) is 30.3 Å². The average Bonchev–Trinajstić information content (AvgIpc) is 2.95. The minimum Gasteiger partial charge on any atom is -0.399 e. The summed E-state index contributed by atoms with van der Waals surface area (Å²) in [6.45, 7) is 0.764. The van der Waals surface area contributed by atoms with E-state index in [0.717, 1.165) is 30.0 Å². The first kappa shape index (κ1) is 16.7. The molecule has 3 N–H and O–H groups in total. The van der Waals surface area contributed by atoms with Gasteiger partial charge in [0.15, 0.2) is 0 Å². The number of anilines is 1. The molecule has 4 rings (SSSR count). The Morgan fingerprint density at radius 2 is 1.72 bits per heavy atom. The molecule has 0 aromatic heterocycles. The number of hydrogen-bond acceptors (Lipinski definition) is 2. The van der Waals surface area contributed by atoms with E-state index in [-0.39, 0.29) is 23.7 Å². The number of nitrogens with two attached hydrogens (primary N) is 1. The van der Waals surface area contributed by atoms with Crippen LogP contribution in [-0.4, -0.2) is 12.5 Å². The Kier molecular flexibility index (Phi) is 4.38. The lowest BCUT2D eigenvalue weighted by Crippen LogP contribution is -2.30. The van der Waals surface area contributed by atoms with Gasteiger partial charge in [-0.2, -0.15) is 0 Å². The summed E-state index contributed by atoms with van der Waals surface area (Å²) in [6.07, 6.45) is 1.78. The third-order valence-corrected chi connectivity index (χ3v) is 6.30. The van der Waals surface area contributed by atoms with Crippen molar-refractivity contribution >= 4 is 34.8 Å². The lowest BCUT2D eigenvalue weighted by molar-refractivity contribution is -0.123. The van der Waals surface area contributed by atoms with Crippen LogP contribution < -0.4 is 11.1 Å². The number of benzene rings is 2. The first-order valence-electron chi connectivity index (χ1n) is 8.61. The zero-order chi connectivity index (χ0) is 17.6.